The fraction of sp³-hybridized carbons (Fsp3) is 0.308. The van der Waals surface area contributed by atoms with Gasteiger partial charge in [0.25, 0.3) is 0 Å². The number of hydrogen-bond donors (Lipinski definition) is 4. The predicted octanol–water partition coefficient (Wildman–Crippen LogP) is 0.670. The number of fused-ring (bicyclic) bond motifs is 14. The lowest BCUT2D eigenvalue weighted by atomic mass is 9.70. The number of benzene rings is 2. The van der Waals surface area contributed by atoms with E-state index in [0.717, 1.165) is 32.9 Å². The molecule has 0 unspecified atom stereocenters. The Bertz CT molecular complexity index is 1400. The Morgan fingerprint density at radius 1 is 0.618 bits per heavy atom. The third-order valence-corrected chi connectivity index (χ3v) is 8.22. The van der Waals surface area contributed by atoms with Gasteiger partial charge >= 0.3 is 0 Å². The highest BCUT2D eigenvalue weighted by atomic mass is 16.2. The van der Waals surface area contributed by atoms with Crippen molar-refractivity contribution in [2.45, 2.75) is 49.1 Å². The summed E-state index contributed by atoms with van der Waals surface area (Å²) >= 11 is 0. The summed E-state index contributed by atoms with van der Waals surface area (Å²) in [6.07, 6.45) is 5.51. The van der Waals surface area contributed by atoms with Crippen LogP contribution in [-0.2, 0) is 22.4 Å². The van der Waals surface area contributed by atoms with Crippen LogP contribution in [0.4, 0.5) is 0 Å². The zero-order valence-corrected chi connectivity index (χ0v) is 18.4. The second kappa shape index (κ2) is 6.49. The maximum Gasteiger partial charge on any atom is 0.237 e. The minimum Gasteiger partial charge on any atom is -0.348 e. The number of nitrogens with one attached hydrogen (secondary N) is 4. The average Bonchev–Trinajstić information content (AvgIpc) is 3.39. The van der Waals surface area contributed by atoms with Crippen LogP contribution in [0.25, 0.3) is 21.8 Å². The van der Waals surface area contributed by atoms with Crippen molar-refractivity contribution in [2.75, 3.05) is 0 Å². The normalized spacial score (nSPS) is 31.6. The van der Waals surface area contributed by atoms with E-state index in [0.29, 0.717) is 12.8 Å². The maximum atomic E-state index is 13.0. The van der Waals surface area contributed by atoms with Crippen molar-refractivity contribution in [3.05, 3.63) is 72.1 Å². The first-order valence-corrected chi connectivity index (χ1v) is 12.0. The summed E-state index contributed by atoms with van der Waals surface area (Å²) in [5.41, 5.74) is 4.45. The standard InChI is InChI=1S/C26H24N6O2/c33-25-17-9-13-11-31(19-7-3-1-5-15(13)19)32-12-14(16-6-2-4-8-20(16)32)10-18-26(34)30-24-22(28-18)21(27-17)23(24)29-25/h1-8,11-12,17-18,21-24,27-28H,9-10H2,(H,29,33)(H,30,34)/t17-,18-,21-,22-,23-,24-/m0/s1. The topological polar surface area (TPSA) is 92.1 Å². The maximum absolute atomic E-state index is 13.0. The van der Waals surface area contributed by atoms with Gasteiger partial charge in [-0.1, -0.05) is 36.4 Å². The van der Waals surface area contributed by atoms with Crippen LogP contribution in [0.15, 0.2) is 60.9 Å². The monoisotopic (exact) mass is 452 g/mol. The smallest absolute Gasteiger partial charge is 0.237 e. The highest BCUT2D eigenvalue weighted by Crippen LogP contribution is 2.33. The second-order valence-corrected chi connectivity index (χ2v) is 10.00. The molecule has 5 heterocycles. The van der Waals surface area contributed by atoms with Gasteiger partial charge in [-0.25, -0.2) is 0 Å². The van der Waals surface area contributed by atoms with Gasteiger partial charge in [0.1, 0.15) is 0 Å². The molecule has 8 nitrogen and oxygen atoms in total. The second-order valence-electron chi connectivity index (χ2n) is 10.00. The fourth-order valence-electron chi connectivity index (χ4n) is 6.56. The molecule has 3 aliphatic heterocycles. The number of nitrogens with zero attached hydrogens (tertiary/aromatic N) is 2. The molecule has 0 radical (unpaired) electrons. The molecule has 34 heavy (non-hydrogen) atoms. The average molecular weight is 453 g/mol. The van der Waals surface area contributed by atoms with Gasteiger partial charge < -0.3 is 10.6 Å². The van der Waals surface area contributed by atoms with Crippen LogP contribution >= 0.6 is 0 Å². The van der Waals surface area contributed by atoms with Crippen LogP contribution in [0.1, 0.15) is 11.1 Å². The SMILES string of the molecule is O=C1N[C@@H]2[C@H]3NC(=O)[C@@H]4Cc5cn(c6ccccc56)-n5cc(c6ccccc65)C[C@@H]1N[C@H]2[C@@H]3N4. The molecule has 8 heteroatoms. The molecular weight excluding hydrogens is 428 g/mol. The predicted molar refractivity (Wildman–Crippen MR) is 127 cm³/mol. The quantitative estimate of drug-likeness (QED) is 0.316. The van der Waals surface area contributed by atoms with E-state index in [4.69, 9.17) is 0 Å². The van der Waals surface area contributed by atoms with Crippen LogP contribution in [0.3, 0.4) is 0 Å². The number of para-hydroxylation sites is 2. The molecule has 1 aliphatic carbocycles. The number of rotatable bonds is 0. The van der Waals surface area contributed by atoms with E-state index in [9.17, 15) is 9.59 Å². The van der Waals surface area contributed by atoms with Crippen molar-refractivity contribution < 1.29 is 9.59 Å². The van der Waals surface area contributed by atoms with Crippen LogP contribution < -0.4 is 21.3 Å². The van der Waals surface area contributed by atoms with Gasteiger partial charge in [-0.15, -0.1) is 0 Å². The van der Waals surface area contributed by atoms with Gasteiger partial charge in [-0.05, 0) is 36.1 Å². The highest BCUT2D eigenvalue weighted by molar-refractivity contribution is 5.91. The highest BCUT2D eigenvalue weighted by Gasteiger charge is 2.58. The van der Waals surface area contributed by atoms with Crippen molar-refractivity contribution in [1.82, 2.24) is 30.6 Å². The van der Waals surface area contributed by atoms with E-state index < -0.39 is 0 Å². The number of carbonyl (C=O) groups is 2. The summed E-state index contributed by atoms with van der Waals surface area (Å²) in [7, 11) is 0. The first-order chi connectivity index (χ1) is 16.7. The summed E-state index contributed by atoms with van der Waals surface area (Å²) in [5.74, 6) is -0.0117. The van der Waals surface area contributed by atoms with E-state index in [1.54, 1.807) is 0 Å². The Morgan fingerprint density at radius 3 is 1.53 bits per heavy atom. The third-order valence-electron chi connectivity index (χ3n) is 8.22. The van der Waals surface area contributed by atoms with Gasteiger partial charge in [0.15, 0.2) is 0 Å². The largest absolute Gasteiger partial charge is 0.348 e. The Kier molecular flexibility index (Phi) is 3.58. The molecule has 2 aromatic heterocycles. The molecule has 170 valence electrons. The van der Waals surface area contributed by atoms with Crippen molar-refractivity contribution in [2.24, 2.45) is 0 Å². The summed E-state index contributed by atoms with van der Waals surface area (Å²) in [5, 5.41) is 15.9. The van der Waals surface area contributed by atoms with E-state index in [2.05, 4.69) is 79.4 Å². The van der Waals surface area contributed by atoms with Crippen molar-refractivity contribution >= 4 is 33.6 Å². The number of aromatic nitrogens is 2. The Morgan fingerprint density at radius 2 is 1.06 bits per heavy atom. The van der Waals surface area contributed by atoms with Crippen molar-refractivity contribution in [1.29, 1.82) is 0 Å². The van der Waals surface area contributed by atoms with Gasteiger partial charge in [0.05, 0.1) is 35.2 Å². The van der Waals surface area contributed by atoms with Crippen LogP contribution in [-0.4, -0.2) is 57.4 Å². The number of piperazine rings is 2. The first kappa shape index (κ1) is 18.8. The fourth-order valence-corrected chi connectivity index (χ4v) is 6.56. The van der Waals surface area contributed by atoms with Crippen molar-refractivity contribution in [3.8, 4) is 0 Å². The van der Waals surface area contributed by atoms with Crippen LogP contribution in [0.5, 0.6) is 0 Å². The molecule has 4 N–H and O–H groups in total. The summed E-state index contributed by atoms with van der Waals surface area (Å²) in [4.78, 5) is 26.1. The molecule has 2 amide bonds. The van der Waals surface area contributed by atoms with E-state index in [1.165, 1.54) is 0 Å². The molecule has 0 spiro atoms. The lowest BCUT2D eigenvalue weighted by Crippen LogP contribution is -2.89. The zero-order chi connectivity index (χ0) is 22.6. The Hall–Kier alpha value is -3.62. The number of carbonyl (C=O) groups excluding carboxylic acids is 2. The molecule has 1 saturated carbocycles. The summed E-state index contributed by atoms with van der Waals surface area (Å²) in [6, 6.07) is 16.1. The molecule has 3 fully saturated rings. The van der Waals surface area contributed by atoms with Gasteiger partial charge in [0.2, 0.25) is 11.8 Å². The molecule has 8 rings (SSSR count). The van der Waals surface area contributed by atoms with Crippen LogP contribution in [0.2, 0.25) is 0 Å². The molecule has 6 atom stereocenters. The first-order valence-electron chi connectivity index (χ1n) is 12.0. The Labute approximate surface area is 195 Å². The van der Waals surface area contributed by atoms with Gasteiger partial charge in [0, 0.05) is 35.2 Å². The van der Waals surface area contributed by atoms with Gasteiger partial charge in [-0.3, -0.25) is 29.6 Å². The van der Waals surface area contributed by atoms with E-state index in [1.807, 2.05) is 12.1 Å². The summed E-state index contributed by atoms with van der Waals surface area (Å²) < 4.78 is 4.34. The Balaban J connectivity index is 1.37. The lowest BCUT2D eigenvalue weighted by molar-refractivity contribution is -0.137. The molecular formula is C26H24N6O2. The molecule has 2 aromatic carbocycles. The minimum absolute atomic E-state index is 0.00584. The number of amides is 2. The van der Waals surface area contributed by atoms with Gasteiger partial charge in [-0.2, -0.15) is 0 Å². The van der Waals surface area contributed by atoms with E-state index >= 15 is 0 Å². The van der Waals surface area contributed by atoms with Crippen molar-refractivity contribution in [3.63, 3.8) is 0 Å². The third kappa shape index (κ3) is 2.39. The van der Waals surface area contributed by atoms with E-state index in [-0.39, 0.29) is 48.1 Å². The zero-order valence-electron chi connectivity index (χ0n) is 18.4. The number of hydrogen-bond acceptors (Lipinski definition) is 4. The van der Waals surface area contributed by atoms with Crippen LogP contribution in [0, 0.1) is 0 Å². The molecule has 4 aliphatic rings. The summed E-state index contributed by atoms with van der Waals surface area (Å²) in [6.45, 7) is 0. The lowest BCUT2D eigenvalue weighted by Gasteiger charge is -2.59. The minimum atomic E-state index is -0.320. The molecule has 8 bridgehead atoms. The molecule has 2 saturated heterocycles. The molecule has 4 aromatic rings.